The molecule has 0 aromatic carbocycles. The third-order valence-corrected chi connectivity index (χ3v) is 6.39. The summed E-state index contributed by atoms with van der Waals surface area (Å²) >= 11 is 2.09. The van der Waals surface area contributed by atoms with Gasteiger partial charge in [-0.15, -0.1) is 0 Å². The van der Waals surface area contributed by atoms with Gasteiger partial charge in [0.1, 0.15) is 0 Å². The molecule has 1 unspecified atom stereocenters. The topological polar surface area (TPSA) is 15.3 Å². The van der Waals surface area contributed by atoms with Crippen LogP contribution in [0.4, 0.5) is 0 Å². The fourth-order valence-corrected chi connectivity index (χ4v) is 4.51. The second-order valence-electron chi connectivity index (χ2n) is 6.19. The zero-order valence-corrected chi connectivity index (χ0v) is 13.0. The highest BCUT2D eigenvalue weighted by Crippen LogP contribution is 2.39. The van der Waals surface area contributed by atoms with Gasteiger partial charge in [0.15, 0.2) is 0 Å². The summed E-state index contributed by atoms with van der Waals surface area (Å²) in [6.45, 7) is 3.74. The smallest absolute Gasteiger partial charge is 0.0281 e. The fraction of sp³-hybridized carbons (Fsp3) is 1.00. The lowest BCUT2D eigenvalue weighted by molar-refractivity contribution is 0.175. The van der Waals surface area contributed by atoms with Gasteiger partial charge in [-0.05, 0) is 58.5 Å². The van der Waals surface area contributed by atoms with Crippen molar-refractivity contribution in [1.82, 2.24) is 10.2 Å². The minimum Gasteiger partial charge on any atom is -0.315 e. The van der Waals surface area contributed by atoms with Gasteiger partial charge in [0.25, 0.3) is 0 Å². The van der Waals surface area contributed by atoms with Crippen LogP contribution in [-0.4, -0.2) is 48.6 Å². The van der Waals surface area contributed by atoms with Crippen LogP contribution < -0.4 is 5.32 Å². The maximum Gasteiger partial charge on any atom is 0.0281 e. The van der Waals surface area contributed by atoms with Crippen LogP contribution in [0.2, 0.25) is 0 Å². The Hall–Kier alpha value is 0.270. The molecule has 0 amide bonds. The van der Waals surface area contributed by atoms with E-state index >= 15 is 0 Å². The van der Waals surface area contributed by atoms with Crippen LogP contribution in [-0.2, 0) is 0 Å². The Balaban J connectivity index is 1.63. The van der Waals surface area contributed by atoms with Crippen LogP contribution in [0, 0.1) is 0 Å². The van der Waals surface area contributed by atoms with Crippen molar-refractivity contribution in [2.75, 3.05) is 32.9 Å². The van der Waals surface area contributed by atoms with Crippen molar-refractivity contribution in [1.29, 1.82) is 0 Å². The lowest BCUT2D eigenvalue weighted by Gasteiger charge is -2.33. The zero-order chi connectivity index (χ0) is 12.8. The number of nitrogens with zero attached hydrogens (tertiary/aromatic N) is 1. The molecule has 1 atom stereocenters. The highest BCUT2D eigenvalue weighted by Gasteiger charge is 2.32. The first-order valence-electron chi connectivity index (χ1n) is 7.72. The first-order chi connectivity index (χ1) is 8.76. The molecule has 18 heavy (non-hydrogen) atoms. The number of nitrogens with one attached hydrogen (secondary N) is 1. The molecule has 0 aromatic rings. The maximum atomic E-state index is 3.74. The molecule has 0 aromatic heterocycles. The number of piperidine rings is 1. The van der Waals surface area contributed by atoms with Crippen molar-refractivity contribution in [3.8, 4) is 0 Å². The van der Waals surface area contributed by atoms with Gasteiger partial charge in [-0.1, -0.05) is 19.3 Å². The molecule has 1 N–H and O–H groups in total. The largest absolute Gasteiger partial charge is 0.315 e. The average molecular weight is 270 g/mol. The van der Waals surface area contributed by atoms with E-state index < -0.39 is 0 Å². The summed E-state index contributed by atoms with van der Waals surface area (Å²) in [4.78, 5) is 2.56. The molecular formula is C15H30N2S. The number of rotatable bonds is 6. The lowest BCUT2D eigenvalue weighted by Crippen LogP contribution is -2.40. The molecule has 1 saturated carbocycles. The summed E-state index contributed by atoms with van der Waals surface area (Å²) in [5, 5.41) is 3.74. The second kappa shape index (κ2) is 7.16. The third kappa shape index (κ3) is 3.88. The monoisotopic (exact) mass is 270 g/mol. The molecule has 2 fully saturated rings. The number of hydrogen-bond donors (Lipinski definition) is 1. The summed E-state index contributed by atoms with van der Waals surface area (Å²) in [6, 6.07) is 0.833. The van der Waals surface area contributed by atoms with E-state index in [-0.39, 0.29) is 0 Å². The van der Waals surface area contributed by atoms with E-state index in [0.717, 1.165) is 6.04 Å². The highest BCUT2D eigenvalue weighted by molar-refractivity contribution is 8.00. The molecule has 0 spiro atoms. The Morgan fingerprint density at radius 3 is 2.67 bits per heavy atom. The van der Waals surface area contributed by atoms with Gasteiger partial charge in [-0.2, -0.15) is 11.8 Å². The highest BCUT2D eigenvalue weighted by atomic mass is 32.2. The zero-order valence-electron chi connectivity index (χ0n) is 12.2. The third-order valence-electron chi connectivity index (χ3n) is 4.97. The molecule has 0 bridgehead atoms. The predicted molar refractivity (Wildman–Crippen MR) is 82.5 cm³/mol. The van der Waals surface area contributed by atoms with E-state index in [4.69, 9.17) is 0 Å². The van der Waals surface area contributed by atoms with E-state index in [1.807, 2.05) is 0 Å². The number of likely N-dealkylation sites (tertiary alicyclic amines) is 1. The van der Waals surface area contributed by atoms with Gasteiger partial charge in [-0.25, -0.2) is 0 Å². The van der Waals surface area contributed by atoms with E-state index in [9.17, 15) is 0 Å². The van der Waals surface area contributed by atoms with Crippen LogP contribution in [0.3, 0.4) is 0 Å². The molecule has 1 heterocycles. The van der Waals surface area contributed by atoms with Gasteiger partial charge < -0.3 is 10.2 Å². The van der Waals surface area contributed by atoms with Crippen molar-refractivity contribution in [3.63, 3.8) is 0 Å². The molecule has 2 aliphatic rings. The molecule has 2 nitrogen and oxygen atoms in total. The first-order valence-corrected chi connectivity index (χ1v) is 8.94. The van der Waals surface area contributed by atoms with E-state index in [1.54, 1.807) is 0 Å². The maximum absolute atomic E-state index is 3.74. The Morgan fingerprint density at radius 2 is 2.00 bits per heavy atom. The second-order valence-corrected chi connectivity index (χ2v) is 7.46. The molecule has 2 rings (SSSR count). The average Bonchev–Trinajstić information content (AvgIpc) is 2.86. The molecular weight excluding hydrogens is 240 g/mol. The quantitative estimate of drug-likeness (QED) is 0.747. The number of thioether (sulfide) groups is 1. The summed E-state index contributed by atoms with van der Waals surface area (Å²) in [5.41, 5.74) is 0. The van der Waals surface area contributed by atoms with Crippen molar-refractivity contribution in [3.05, 3.63) is 0 Å². The fourth-order valence-electron chi connectivity index (χ4n) is 3.57. The molecule has 1 aliphatic heterocycles. The molecule has 1 aliphatic carbocycles. The minimum atomic E-state index is 0.568. The van der Waals surface area contributed by atoms with Gasteiger partial charge in [0.05, 0.1) is 0 Å². The van der Waals surface area contributed by atoms with Crippen molar-refractivity contribution < 1.29 is 0 Å². The summed E-state index contributed by atoms with van der Waals surface area (Å²) in [5.74, 6) is 0. The van der Waals surface area contributed by atoms with Gasteiger partial charge >= 0.3 is 0 Å². The normalized spacial score (nSPS) is 28.7. The minimum absolute atomic E-state index is 0.568. The van der Waals surface area contributed by atoms with E-state index in [1.165, 1.54) is 71.0 Å². The van der Waals surface area contributed by atoms with Gasteiger partial charge in [-0.3, -0.25) is 0 Å². The predicted octanol–water partition coefficient (Wildman–Crippen LogP) is 3.13. The molecule has 106 valence electrons. The standard InChI is InChI=1S/C15H30N2S/c1-17-12-6-3-7-14(17)8-11-16-13-15(18-2)9-4-5-10-15/h14,16H,3-13H2,1-2H3. The summed E-state index contributed by atoms with van der Waals surface area (Å²) < 4.78 is 0.568. The van der Waals surface area contributed by atoms with Crippen LogP contribution >= 0.6 is 11.8 Å². The van der Waals surface area contributed by atoms with Crippen LogP contribution in [0.5, 0.6) is 0 Å². The van der Waals surface area contributed by atoms with E-state index in [0.29, 0.717) is 4.75 Å². The SMILES string of the molecule is CSC1(CNCCC2CCCCN2C)CCCC1. The van der Waals surface area contributed by atoms with Crippen LogP contribution in [0.25, 0.3) is 0 Å². The Labute approximate surface area is 117 Å². The molecule has 3 heteroatoms. The Kier molecular flexibility index (Phi) is 5.84. The lowest BCUT2D eigenvalue weighted by atomic mass is 10.00. The van der Waals surface area contributed by atoms with Crippen LogP contribution in [0.15, 0.2) is 0 Å². The summed E-state index contributed by atoms with van der Waals surface area (Å²) in [7, 11) is 2.30. The van der Waals surface area contributed by atoms with Crippen molar-refractivity contribution in [2.45, 2.75) is 62.2 Å². The summed E-state index contributed by atoms with van der Waals surface area (Å²) in [6.07, 6.45) is 13.6. The van der Waals surface area contributed by atoms with E-state index in [2.05, 4.69) is 35.3 Å². The van der Waals surface area contributed by atoms with Crippen LogP contribution in [0.1, 0.15) is 51.4 Å². The number of hydrogen-bond acceptors (Lipinski definition) is 3. The molecule has 0 radical (unpaired) electrons. The van der Waals surface area contributed by atoms with Crippen molar-refractivity contribution >= 4 is 11.8 Å². The van der Waals surface area contributed by atoms with Gasteiger partial charge in [0.2, 0.25) is 0 Å². The Morgan fingerprint density at radius 1 is 1.22 bits per heavy atom. The first kappa shape index (κ1) is 14.7. The Bertz CT molecular complexity index is 239. The van der Waals surface area contributed by atoms with Gasteiger partial charge in [0, 0.05) is 17.3 Å². The molecule has 1 saturated heterocycles. The van der Waals surface area contributed by atoms with Crippen molar-refractivity contribution in [2.24, 2.45) is 0 Å².